The Morgan fingerprint density at radius 1 is 1.00 bits per heavy atom. The summed E-state index contributed by atoms with van der Waals surface area (Å²) in [6, 6.07) is 18.1. The van der Waals surface area contributed by atoms with Crippen LogP contribution in [0.4, 0.5) is 0 Å². The van der Waals surface area contributed by atoms with E-state index in [1.165, 1.54) is 30.5 Å². The molecular formula is C23H24N2O6S. The van der Waals surface area contributed by atoms with Gasteiger partial charge in [-0.2, -0.15) is 0 Å². The predicted octanol–water partition coefficient (Wildman–Crippen LogP) is 2.96. The second kappa shape index (κ2) is 10.7. The van der Waals surface area contributed by atoms with Crippen molar-refractivity contribution in [3.05, 3.63) is 89.9 Å². The van der Waals surface area contributed by atoms with Gasteiger partial charge in [-0.25, -0.2) is 17.9 Å². The highest BCUT2D eigenvalue weighted by atomic mass is 32.2. The third-order valence-corrected chi connectivity index (χ3v) is 6.11. The lowest BCUT2D eigenvalue weighted by Gasteiger charge is -2.20. The average Bonchev–Trinajstić information content (AvgIpc) is 3.34. The standard InChI is InChI=1S/C23H24N2O6S/c1-2-25(16-18-7-4-3-5-8-18)22(26)17-31-23(27)19-10-12-21(13-11-19)32(28,29)24-15-20-9-6-14-30-20/h3-14,24H,2,15-17H2,1H3. The summed E-state index contributed by atoms with van der Waals surface area (Å²) in [4.78, 5) is 26.3. The van der Waals surface area contributed by atoms with E-state index < -0.39 is 22.6 Å². The average molecular weight is 457 g/mol. The fourth-order valence-corrected chi connectivity index (χ4v) is 3.91. The zero-order valence-corrected chi connectivity index (χ0v) is 18.4. The molecule has 0 saturated heterocycles. The molecule has 0 atom stereocenters. The van der Waals surface area contributed by atoms with Crippen LogP contribution in [0.2, 0.25) is 0 Å². The molecule has 3 rings (SSSR count). The lowest BCUT2D eigenvalue weighted by molar-refractivity contribution is -0.134. The van der Waals surface area contributed by atoms with Crippen LogP contribution in [0.1, 0.15) is 28.6 Å². The van der Waals surface area contributed by atoms with Crippen LogP contribution < -0.4 is 4.72 Å². The molecule has 1 heterocycles. The summed E-state index contributed by atoms with van der Waals surface area (Å²) in [5.41, 5.74) is 1.13. The Kier molecular flexibility index (Phi) is 7.80. The van der Waals surface area contributed by atoms with Crippen LogP contribution in [-0.2, 0) is 32.6 Å². The van der Waals surface area contributed by atoms with Gasteiger partial charge in [-0.1, -0.05) is 30.3 Å². The van der Waals surface area contributed by atoms with Gasteiger partial charge in [-0.15, -0.1) is 0 Å². The van der Waals surface area contributed by atoms with Crippen LogP contribution in [-0.4, -0.2) is 38.3 Å². The predicted molar refractivity (Wildman–Crippen MR) is 117 cm³/mol. The van der Waals surface area contributed by atoms with Crippen molar-refractivity contribution in [3.8, 4) is 0 Å². The lowest BCUT2D eigenvalue weighted by Crippen LogP contribution is -2.34. The van der Waals surface area contributed by atoms with Gasteiger partial charge in [0.25, 0.3) is 5.91 Å². The number of ether oxygens (including phenoxy) is 1. The first-order valence-electron chi connectivity index (χ1n) is 10.00. The molecular weight excluding hydrogens is 432 g/mol. The molecule has 0 aliphatic carbocycles. The van der Waals surface area contributed by atoms with Crippen LogP contribution >= 0.6 is 0 Å². The number of sulfonamides is 1. The number of hydrogen-bond acceptors (Lipinski definition) is 6. The van der Waals surface area contributed by atoms with Crippen LogP contribution in [0.25, 0.3) is 0 Å². The van der Waals surface area contributed by atoms with E-state index in [9.17, 15) is 18.0 Å². The van der Waals surface area contributed by atoms with Crippen molar-refractivity contribution in [3.63, 3.8) is 0 Å². The number of esters is 1. The highest BCUT2D eigenvalue weighted by molar-refractivity contribution is 7.89. The van der Waals surface area contributed by atoms with Gasteiger partial charge in [0.05, 0.1) is 23.3 Å². The fraction of sp³-hybridized carbons (Fsp3) is 0.217. The van der Waals surface area contributed by atoms with E-state index in [0.29, 0.717) is 18.8 Å². The maximum Gasteiger partial charge on any atom is 0.338 e. The molecule has 0 spiro atoms. The lowest BCUT2D eigenvalue weighted by atomic mass is 10.2. The molecule has 0 radical (unpaired) electrons. The monoisotopic (exact) mass is 456 g/mol. The number of nitrogens with zero attached hydrogens (tertiary/aromatic N) is 1. The first-order chi connectivity index (χ1) is 15.4. The van der Waals surface area contributed by atoms with Gasteiger partial charge < -0.3 is 14.1 Å². The van der Waals surface area contributed by atoms with E-state index >= 15 is 0 Å². The number of carbonyl (C=O) groups is 2. The van der Waals surface area contributed by atoms with Gasteiger partial charge in [0, 0.05) is 13.1 Å². The Balaban J connectivity index is 1.54. The smallest absolute Gasteiger partial charge is 0.338 e. The van der Waals surface area contributed by atoms with Gasteiger partial charge in [-0.05, 0) is 48.9 Å². The number of likely N-dealkylation sites (N-methyl/N-ethyl adjacent to an activating group) is 1. The largest absolute Gasteiger partial charge is 0.468 e. The Morgan fingerprint density at radius 3 is 2.34 bits per heavy atom. The molecule has 3 aromatic rings. The summed E-state index contributed by atoms with van der Waals surface area (Å²) >= 11 is 0. The number of hydrogen-bond donors (Lipinski definition) is 1. The Bertz CT molecular complexity index is 1130. The molecule has 2 aromatic carbocycles. The molecule has 0 bridgehead atoms. The van der Waals surface area contributed by atoms with Crippen molar-refractivity contribution in [2.24, 2.45) is 0 Å². The van der Waals surface area contributed by atoms with E-state index in [1.807, 2.05) is 37.3 Å². The SMILES string of the molecule is CCN(Cc1ccccc1)C(=O)COC(=O)c1ccc(S(=O)(=O)NCc2ccco2)cc1. The second-order valence-corrected chi connectivity index (χ2v) is 8.66. The molecule has 32 heavy (non-hydrogen) atoms. The summed E-state index contributed by atoms with van der Waals surface area (Å²) in [6.07, 6.45) is 1.45. The summed E-state index contributed by atoms with van der Waals surface area (Å²) in [5, 5.41) is 0. The minimum atomic E-state index is -3.77. The quantitative estimate of drug-likeness (QED) is 0.470. The molecule has 0 aliphatic heterocycles. The van der Waals surface area contributed by atoms with Gasteiger partial charge in [0.15, 0.2) is 6.61 Å². The number of carbonyl (C=O) groups excluding carboxylic acids is 2. The van der Waals surface area contributed by atoms with E-state index in [1.54, 1.807) is 17.0 Å². The van der Waals surface area contributed by atoms with Crippen molar-refractivity contribution in [2.75, 3.05) is 13.2 Å². The summed E-state index contributed by atoms with van der Waals surface area (Å²) in [6.45, 7) is 2.36. The zero-order valence-electron chi connectivity index (χ0n) is 17.6. The second-order valence-electron chi connectivity index (χ2n) is 6.90. The molecule has 1 aromatic heterocycles. The number of rotatable bonds is 10. The first kappa shape index (κ1) is 23.2. The molecule has 0 aliphatic rings. The number of furan rings is 1. The van der Waals surface area contributed by atoms with Crippen LogP contribution in [0, 0.1) is 0 Å². The fourth-order valence-electron chi connectivity index (χ4n) is 2.91. The number of nitrogens with one attached hydrogen (secondary N) is 1. The molecule has 168 valence electrons. The molecule has 1 N–H and O–H groups in total. The maximum absolute atomic E-state index is 12.4. The van der Waals surface area contributed by atoms with Crippen molar-refractivity contribution in [1.82, 2.24) is 9.62 Å². The molecule has 8 nitrogen and oxygen atoms in total. The van der Waals surface area contributed by atoms with E-state index in [0.717, 1.165) is 5.56 Å². The van der Waals surface area contributed by atoms with Gasteiger partial charge in [0.2, 0.25) is 10.0 Å². The van der Waals surface area contributed by atoms with Crippen LogP contribution in [0.5, 0.6) is 0 Å². The van der Waals surface area contributed by atoms with Gasteiger partial charge in [-0.3, -0.25) is 4.79 Å². The third-order valence-electron chi connectivity index (χ3n) is 4.69. The molecule has 0 saturated carbocycles. The van der Waals surface area contributed by atoms with Crippen molar-refractivity contribution in [1.29, 1.82) is 0 Å². The maximum atomic E-state index is 12.4. The van der Waals surface area contributed by atoms with Crippen LogP contribution in [0.15, 0.2) is 82.3 Å². The topological polar surface area (TPSA) is 106 Å². The minimum Gasteiger partial charge on any atom is -0.468 e. The van der Waals surface area contributed by atoms with Crippen molar-refractivity contribution >= 4 is 21.9 Å². The highest BCUT2D eigenvalue weighted by Gasteiger charge is 2.18. The summed E-state index contributed by atoms with van der Waals surface area (Å²) in [7, 11) is -3.77. The molecule has 1 amide bonds. The molecule has 0 unspecified atom stereocenters. The minimum absolute atomic E-state index is 0.00305. The van der Waals surface area contributed by atoms with Crippen molar-refractivity contribution < 1.29 is 27.2 Å². The van der Waals surface area contributed by atoms with Crippen LogP contribution in [0.3, 0.4) is 0 Å². The highest BCUT2D eigenvalue weighted by Crippen LogP contribution is 2.13. The van der Waals surface area contributed by atoms with Crippen molar-refractivity contribution in [2.45, 2.75) is 24.9 Å². The third kappa shape index (κ3) is 6.29. The Labute approximate surface area is 186 Å². The van der Waals surface area contributed by atoms with E-state index in [-0.39, 0.29) is 22.9 Å². The normalized spacial score (nSPS) is 11.2. The van der Waals surface area contributed by atoms with E-state index in [2.05, 4.69) is 4.72 Å². The summed E-state index contributed by atoms with van der Waals surface area (Å²) < 4.78 is 37.4. The first-order valence-corrected chi connectivity index (χ1v) is 11.5. The Hall–Kier alpha value is -3.43. The number of amides is 1. The molecule has 0 fully saturated rings. The van der Waals surface area contributed by atoms with Gasteiger partial charge in [0.1, 0.15) is 5.76 Å². The van der Waals surface area contributed by atoms with E-state index in [4.69, 9.17) is 9.15 Å². The zero-order chi connectivity index (χ0) is 23.0. The van der Waals surface area contributed by atoms with Gasteiger partial charge >= 0.3 is 5.97 Å². The molecule has 9 heteroatoms. The number of benzene rings is 2. The summed E-state index contributed by atoms with van der Waals surface area (Å²) in [5.74, 6) is -0.542. The Morgan fingerprint density at radius 2 is 1.72 bits per heavy atom.